The number of anilines is 1. The van der Waals surface area contributed by atoms with Gasteiger partial charge in [-0.1, -0.05) is 42.1 Å². The first-order valence-corrected chi connectivity index (χ1v) is 11.2. The molecule has 0 bridgehead atoms. The molecule has 0 aliphatic rings. The zero-order valence-electron chi connectivity index (χ0n) is 18.4. The number of benzene rings is 2. The van der Waals surface area contributed by atoms with Gasteiger partial charge in [-0.3, -0.25) is 14.0 Å². The Hall–Kier alpha value is -3.66. The van der Waals surface area contributed by atoms with Crippen LogP contribution in [-0.4, -0.2) is 36.2 Å². The van der Waals surface area contributed by atoms with Crippen molar-refractivity contribution in [2.45, 2.75) is 25.6 Å². The largest absolute Gasteiger partial charge is 0.483 e. The maximum Gasteiger partial charge on any atom is 0.234 e. The monoisotopic (exact) mass is 466 g/mol. The minimum Gasteiger partial charge on any atom is -0.483 e. The van der Waals surface area contributed by atoms with E-state index in [0.29, 0.717) is 16.7 Å². The molecule has 1 amide bonds. The molecule has 2 aromatic heterocycles. The molecule has 0 fully saturated rings. The molecule has 4 rings (SSSR count). The number of ether oxygens (including phenoxy) is 1. The molecule has 0 aliphatic heterocycles. The van der Waals surface area contributed by atoms with Crippen LogP contribution in [0.2, 0.25) is 0 Å². The van der Waals surface area contributed by atoms with Gasteiger partial charge in [0.1, 0.15) is 6.61 Å². The van der Waals surface area contributed by atoms with Crippen LogP contribution < -0.4 is 10.1 Å². The number of para-hydroxylation sites is 2. The molecular weight excluding hydrogens is 443 g/mol. The molecule has 10 heteroatoms. The highest BCUT2D eigenvalue weighted by atomic mass is 32.2. The number of hydrogen-bond donors (Lipinski definition) is 1. The Morgan fingerprint density at radius 2 is 1.82 bits per heavy atom. The molecule has 8 nitrogen and oxygen atoms in total. The maximum absolute atomic E-state index is 13.9. The van der Waals surface area contributed by atoms with Crippen molar-refractivity contribution in [2.24, 2.45) is 7.05 Å². The molecule has 4 aromatic rings. The maximum atomic E-state index is 13.9. The molecule has 0 aliphatic carbocycles. The fourth-order valence-corrected chi connectivity index (χ4v) is 4.06. The minimum atomic E-state index is -0.449. The Morgan fingerprint density at radius 3 is 2.52 bits per heavy atom. The summed E-state index contributed by atoms with van der Waals surface area (Å²) in [7, 11) is 1.83. The van der Waals surface area contributed by atoms with Crippen LogP contribution in [0.4, 0.5) is 10.1 Å². The molecule has 0 saturated heterocycles. The molecule has 0 saturated carbocycles. The van der Waals surface area contributed by atoms with Gasteiger partial charge >= 0.3 is 0 Å². The minimum absolute atomic E-state index is 0.0175. The molecule has 1 N–H and O–H groups in total. The first-order chi connectivity index (χ1) is 15.9. The van der Waals surface area contributed by atoms with Gasteiger partial charge in [0.25, 0.3) is 0 Å². The topological polar surface area (TPSA) is 86.9 Å². The lowest BCUT2D eigenvalue weighted by atomic mass is 10.3. The molecule has 33 heavy (non-hydrogen) atoms. The predicted octanol–water partition coefficient (Wildman–Crippen LogP) is 4.07. The SMILES string of the molecule is Cc1nn(C)c(C)c1NC(=O)CSc1nnc(COc2ccccc2F)n1-c1ccccc1. The lowest BCUT2D eigenvalue weighted by Crippen LogP contribution is -2.16. The highest BCUT2D eigenvalue weighted by Crippen LogP contribution is 2.25. The fraction of sp³-hybridized carbons (Fsp3) is 0.217. The molecule has 2 heterocycles. The number of aryl methyl sites for hydroxylation is 2. The number of carbonyl (C=O) groups is 1. The summed E-state index contributed by atoms with van der Waals surface area (Å²) in [6, 6.07) is 15.7. The van der Waals surface area contributed by atoms with Crippen LogP contribution in [0.25, 0.3) is 5.69 Å². The number of carbonyl (C=O) groups excluding carboxylic acids is 1. The average Bonchev–Trinajstić information content (AvgIpc) is 3.33. The van der Waals surface area contributed by atoms with E-state index in [-0.39, 0.29) is 24.0 Å². The van der Waals surface area contributed by atoms with Crippen LogP contribution in [0.15, 0.2) is 59.8 Å². The highest BCUT2D eigenvalue weighted by Gasteiger charge is 2.18. The molecule has 0 radical (unpaired) electrons. The number of hydrogen-bond acceptors (Lipinski definition) is 6. The van der Waals surface area contributed by atoms with Gasteiger partial charge in [0.2, 0.25) is 5.91 Å². The summed E-state index contributed by atoms with van der Waals surface area (Å²) >= 11 is 1.25. The quantitative estimate of drug-likeness (QED) is 0.394. The molecular formula is C23H23FN6O2S. The van der Waals surface area contributed by atoms with E-state index in [1.54, 1.807) is 27.4 Å². The summed E-state index contributed by atoms with van der Waals surface area (Å²) in [4.78, 5) is 12.6. The lowest BCUT2D eigenvalue weighted by Gasteiger charge is -2.11. The highest BCUT2D eigenvalue weighted by molar-refractivity contribution is 7.99. The zero-order chi connectivity index (χ0) is 23.4. The number of halogens is 1. The van der Waals surface area contributed by atoms with Crippen LogP contribution in [0.3, 0.4) is 0 Å². The Kier molecular flexibility index (Phi) is 6.74. The number of nitrogens with zero attached hydrogens (tertiary/aromatic N) is 5. The van der Waals surface area contributed by atoms with Crippen LogP contribution in [0, 0.1) is 19.7 Å². The molecule has 0 spiro atoms. The summed E-state index contributed by atoms with van der Waals surface area (Å²) in [5, 5.41) is 16.3. The number of thioether (sulfide) groups is 1. The first kappa shape index (κ1) is 22.5. The van der Waals surface area contributed by atoms with Crippen molar-refractivity contribution >= 4 is 23.4 Å². The second-order valence-electron chi connectivity index (χ2n) is 7.30. The average molecular weight is 467 g/mol. The van der Waals surface area contributed by atoms with Crippen molar-refractivity contribution < 1.29 is 13.9 Å². The van der Waals surface area contributed by atoms with Gasteiger partial charge in [0.05, 0.1) is 22.8 Å². The molecule has 170 valence electrons. The van der Waals surface area contributed by atoms with E-state index in [4.69, 9.17) is 4.74 Å². The summed E-state index contributed by atoms with van der Waals surface area (Å²) in [5.74, 6) is 0.135. The van der Waals surface area contributed by atoms with Gasteiger partial charge in [0, 0.05) is 12.7 Å². The normalized spacial score (nSPS) is 10.9. The molecule has 2 aromatic carbocycles. The third-order valence-corrected chi connectivity index (χ3v) is 5.94. The van der Waals surface area contributed by atoms with Crippen molar-refractivity contribution in [3.63, 3.8) is 0 Å². The number of nitrogens with one attached hydrogen (secondary N) is 1. The Balaban J connectivity index is 1.51. The van der Waals surface area contributed by atoms with Crippen molar-refractivity contribution in [1.82, 2.24) is 24.5 Å². The Labute approximate surface area is 194 Å². The van der Waals surface area contributed by atoms with Gasteiger partial charge in [-0.25, -0.2) is 4.39 Å². The first-order valence-electron chi connectivity index (χ1n) is 10.2. The van der Waals surface area contributed by atoms with Crippen molar-refractivity contribution in [1.29, 1.82) is 0 Å². The standard InChI is InChI=1S/C23H23FN6O2S/c1-15-22(16(2)29(3)28-15)25-21(31)14-33-23-27-26-20(30(23)17-9-5-4-6-10-17)13-32-19-12-8-7-11-18(19)24/h4-12H,13-14H2,1-3H3,(H,25,31). The van der Waals surface area contributed by atoms with Gasteiger partial charge in [-0.05, 0) is 38.1 Å². The fourth-order valence-electron chi connectivity index (χ4n) is 3.29. The van der Waals surface area contributed by atoms with E-state index in [9.17, 15) is 9.18 Å². The number of amides is 1. The summed E-state index contributed by atoms with van der Waals surface area (Å²) in [5.41, 5.74) is 3.17. The van der Waals surface area contributed by atoms with Crippen molar-refractivity contribution in [3.8, 4) is 11.4 Å². The van der Waals surface area contributed by atoms with Gasteiger partial charge in [0.15, 0.2) is 22.5 Å². The van der Waals surface area contributed by atoms with Crippen molar-refractivity contribution in [2.75, 3.05) is 11.1 Å². The second-order valence-corrected chi connectivity index (χ2v) is 8.24. The smallest absolute Gasteiger partial charge is 0.234 e. The second kappa shape index (κ2) is 9.86. The lowest BCUT2D eigenvalue weighted by molar-refractivity contribution is -0.113. The van der Waals surface area contributed by atoms with E-state index >= 15 is 0 Å². The van der Waals surface area contributed by atoms with E-state index in [1.165, 1.54) is 17.8 Å². The Morgan fingerprint density at radius 1 is 1.09 bits per heavy atom. The zero-order valence-corrected chi connectivity index (χ0v) is 19.3. The van der Waals surface area contributed by atoms with E-state index < -0.39 is 5.82 Å². The van der Waals surface area contributed by atoms with Gasteiger partial charge in [-0.2, -0.15) is 5.10 Å². The van der Waals surface area contributed by atoms with Crippen LogP contribution in [-0.2, 0) is 18.4 Å². The molecule has 0 atom stereocenters. The third-order valence-electron chi connectivity index (χ3n) is 5.01. The number of rotatable bonds is 8. The van der Waals surface area contributed by atoms with E-state index in [0.717, 1.165) is 17.1 Å². The van der Waals surface area contributed by atoms with Gasteiger partial charge < -0.3 is 10.1 Å². The van der Waals surface area contributed by atoms with Crippen LogP contribution >= 0.6 is 11.8 Å². The van der Waals surface area contributed by atoms with Gasteiger partial charge in [-0.15, -0.1) is 10.2 Å². The Bertz CT molecular complexity index is 1270. The predicted molar refractivity (Wildman–Crippen MR) is 124 cm³/mol. The summed E-state index contributed by atoms with van der Waals surface area (Å²) in [6.07, 6.45) is 0. The van der Waals surface area contributed by atoms with Crippen LogP contribution in [0.1, 0.15) is 17.2 Å². The van der Waals surface area contributed by atoms with Crippen molar-refractivity contribution in [3.05, 3.63) is 77.6 Å². The van der Waals surface area contributed by atoms with E-state index in [2.05, 4.69) is 20.6 Å². The number of aromatic nitrogens is 5. The summed E-state index contributed by atoms with van der Waals surface area (Å²) < 4.78 is 23.1. The van der Waals surface area contributed by atoms with E-state index in [1.807, 2.05) is 51.2 Å². The molecule has 0 unspecified atom stereocenters. The third kappa shape index (κ3) is 5.06. The summed E-state index contributed by atoms with van der Waals surface area (Å²) in [6.45, 7) is 3.77. The van der Waals surface area contributed by atoms with Crippen LogP contribution in [0.5, 0.6) is 5.75 Å².